The van der Waals surface area contributed by atoms with E-state index >= 15 is 0 Å². The molecule has 0 bridgehead atoms. The molecule has 1 aromatic rings. The van der Waals surface area contributed by atoms with Gasteiger partial charge in [-0.3, -0.25) is 4.79 Å². The van der Waals surface area contributed by atoms with Gasteiger partial charge in [0.1, 0.15) is 17.6 Å². The average Bonchev–Trinajstić information content (AvgIpc) is 2.39. The van der Waals surface area contributed by atoms with Gasteiger partial charge in [0.2, 0.25) is 0 Å². The zero-order valence-electron chi connectivity index (χ0n) is 8.72. The average molecular weight is 217 g/mol. The molecule has 0 atom stereocenters. The molecule has 1 aliphatic heterocycles. The summed E-state index contributed by atoms with van der Waals surface area (Å²) in [6.45, 7) is 2.64. The van der Waals surface area contributed by atoms with E-state index in [-0.39, 0.29) is 0 Å². The van der Waals surface area contributed by atoms with Crippen LogP contribution in [0.25, 0.3) is 0 Å². The Morgan fingerprint density at radius 1 is 1.44 bits per heavy atom. The Labute approximate surface area is 93.3 Å². The van der Waals surface area contributed by atoms with E-state index in [9.17, 15) is 4.79 Å². The maximum atomic E-state index is 10.7. The number of hydrogen-bond donors (Lipinski definition) is 0. The quantitative estimate of drug-likeness (QED) is 0.679. The van der Waals surface area contributed by atoms with Gasteiger partial charge in [-0.25, -0.2) is 4.98 Å². The fraction of sp³-hybridized carbons (Fsp3) is 0.364. The number of aromatic nitrogens is 1. The minimum absolute atomic E-state index is 0.348. The SMILES string of the molecule is N#Cc1ccc(C=O)nc1N1CCOCC1. The molecule has 5 nitrogen and oxygen atoms in total. The van der Waals surface area contributed by atoms with Gasteiger partial charge in [-0.05, 0) is 12.1 Å². The van der Waals surface area contributed by atoms with Crippen molar-refractivity contribution in [2.45, 2.75) is 0 Å². The highest BCUT2D eigenvalue weighted by Crippen LogP contribution is 2.18. The number of hydrogen-bond acceptors (Lipinski definition) is 5. The van der Waals surface area contributed by atoms with Crippen molar-refractivity contribution < 1.29 is 9.53 Å². The Morgan fingerprint density at radius 2 is 2.19 bits per heavy atom. The third-order valence-electron chi connectivity index (χ3n) is 2.45. The van der Waals surface area contributed by atoms with Crippen LogP contribution in [0.3, 0.4) is 0 Å². The fourth-order valence-corrected chi connectivity index (χ4v) is 1.63. The predicted octanol–water partition coefficient (Wildman–Crippen LogP) is 0.602. The van der Waals surface area contributed by atoms with Gasteiger partial charge in [0.15, 0.2) is 6.29 Å². The van der Waals surface area contributed by atoms with E-state index in [1.807, 2.05) is 4.90 Å². The van der Waals surface area contributed by atoms with E-state index in [0.717, 1.165) is 0 Å². The number of aldehydes is 1. The lowest BCUT2D eigenvalue weighted by molar-refractivity contribution is 0.111. The standard InChI is InChI=1S/C11H11N3O2/c12-7-9-1-2-10(8-15)13-11(9)14-3-5-16-6-4-14/h1-2,8H,3-6H2. The first-order chi connectivity index (χ1) is 7.85. The van der Waals surface area contributed by atoms with Gasteiger partial charge in [-0.15, -0.1) is 0 Å². The van der Waals surface area contributed by atoms with Gasteiger partial charge < -0.3 is 9.64 Å². The van der Waals surface area contributed by atoms with Gasteiger partial charge in [-0.1, -0.05) is 0 Å². The van der Waals surface area contributed by atoms with E-state index in [0.29, 0.717) is 49.7 Å². The first-order valence-corrected chi connectivity index (χ1v) is 5.04. The number of nitriles is 1. The Morgan fingerprint density at radius 3 is 2.81 bits per heavy atom. The first-order valence-electron chi connectivity index (χ1n) is 5.04. The smallest absolute Gasteiger partial charge is 0.168 e. The highest BCUT2D eigenvalue weighted by molar-refractivity contribution is 5.74. The summed E-state index contributed by atoms with van der Waals surface area (Å²) in [5, 5.41) is 8.98. The monoisotopic (exact) mass is 217 g/mol. The van der Waals surface area contributed by atoms with E-state index < -0.39 is 0 Å². The zero-order valence-corrected chi connectivity index (χ0v) is 8.72. The molecule has 2 heterocycles. The van der Waals surface area contributed by atoms with Crippen LogP contribution in [0.5, 0.6) is 0 Å². The molecule has 0 saturated carbocycles. The van der Waals surface area contributed by atoms with Gasteiger partial charge >= 0.3 is 0 Å². The van der Waals surface area contributed by atoms with Crippen molar-refractivity contribution in [2.24, 2.45) is 0 Å². The molecule has 1 fully saturated rings. The molecule has 0 spiro atoms. The van der Waals surface area contributed by atoms with Crippen molar-refractivity contribution in [1.29, 1.82) is 5.26 Å². The summed E-state index contributed by atoms with van der Waals surface area (Å²) in [6, 6.07) is 5.26. The lowest BCUT2D eigenvalue weighted by atomic mass is 10.2. The van der Waals surface area contributed by atoms with E-state index in [2.05, 4.69) is 11.1 Å². The van der Waals surface area contributed by atoms with Crippen LogP contribution >= 0.6 is 0 Å². The zero-order chi connectivity index (χ0) is 11.4. The van der Waals surface area contributed by atoms with Crippen molar-refractivity contribution in [3.05, 3.63) is 23.4 Å². The normalized spacial score (nSPS) is 15.6. The molecule has 0 aromatic carbocycles. The van der Waals surface area contributed by atoms with E-state index in [4.69, 9.17) is 10.00 Å². The lowest BCUT2D eigenvalue weighted by Gasteiger charge is -2.28. The topological polar surface area (TPSA) is 66.2 Å². The molecule has 5 heteroatoms. The van der Waals surface area contributed by atoms with Crippen LogP contribution in [0.2, 0.25) is 0 Å². The number of carbonyl (C=O) groups excluding carboxylic acids is 1. The van der Waals surface area contributed by atoms with Crippen molar-refractivity contribution in [1.82, 2.24) is 4.98 Å². The summed E-state index contributed by atoms with van der Waals surface area (Å²) in [4.78, 5) is 16.8. The van der Waals surface area contributed by atoms with Gasteiger partial charge in [0.25, 0.3) is 0 Å². The minimum atomic E-state index is 0.348. The maximum absolute atomic E-state index is 10.7. The second-order valence-electron chi connectivity index (χ2n) is 3.44. The molecule has 0 radical (unpaired) electrons. The Bertz CT molecular complexity index is 433. The van der Waals surface area contributed by atoms with Gasteiger partial charge in [-0.2, -0.15) is 5.26 Å². The first kappa shape index (κ1) is 10.6. The fourth-order valence-electron chi connectivity index (χ4n) is 1.63. The largest absolute Gasteiger partial charge is 0.378 e. The highest BCUT2D eigenvalue weighted by atomic mass is 16.5. The Hall–Kier alpha value is -1.93. The lowest BCUT2D eigenvalue weighted by Crippen LogP contribution is -2.37. The maximum Gasteiger partial charge on any atom is 0.168 e. The van der Waals surface area contributed by atoms with E-state index in [1.165, 1.54) is 0 Å². The molecule has 0 aliphatic carbocycles. The molecule has 0 unspecified atom stereocenters. The third kappa shape index (κ3) is 2.02. The van der Waals surface area contributed by atoms with Crippen molar-refractivity contribution >= 4 is 12.1 Å². The Balaban J connectivity index is 2.36. The van der Waals surface area contributed by atoms with Crippen molar-refractivity contribution in [3.63, 3.8) is 0 Å². The van der Waals surface area contributed by atoms with Crippen molar-refractivity contribution in [3.8, 4) is 6.07 Å². The van der Waals surface area contributed by atoms with Crippen LogP contribution in [0.15, 0.2) is 12.1 Å². The number of anilines is 1. The van der Waals surface area contributed by atoms with Gasteiger partial charge in [0, 0.05) is 13.1 Å². The third-order valence-corrected chi connectivity index (χ3v) is 2.45. The second kappa shape index (κ2) is 4.73. The van der Waals surface area contributed by atoms with Gasteiger partial charge in [0.05, 0.1) is 18.8 Å². The molecule has 0 amide bonds. The summed E-state index contributed by atoms with van der Waals surface area (Å²) < 4.78 is 5.23. The van der Waals surface area contributed by atoms with Crippen LogP contribution in [0.4, 0.5) is 5.82 Å². The van der Waals surface area contributed by atoms with Crippen LogP contribution in [-0.2, 0) is 4.74 Å². The number of ether oxygens (including phenoxy) is 1. The van der Waals surface area contributed by atoms with Crippen molar-refractivity contribution in [2.75, 3.05) is 31.2 Å². The summed E-state index contributed by atoms with van der Waals surface area (Å²) in [5.41, 5.74) is 0.841. The van der Waals surface area contributed by atoms with Crippen LogP contribution in [0, 0.1) is 11.3 Å². The minimum Gasteiger partial charge on any atom is -0.378 e. The summed E-state index contributed by atoms with van der Waals surface area (Å²) in [7, 11) is 0. The molecule has 16 heavy (non-hydrogen) atoms. The van der Waals surface area contributed by atoms with Crippen LogP contribution in [-0.4, -0.2) is 37.6 Å². The summed E-state index contributed by atoms with van der Waals surface area (Å²) in [6.07, 6.45) is 0.686. The summed E-state index contributed by atoms with van der Waals surface area (Å²) >= 11 is 0. The Kier molecular flexibility index (Phi) is 3.13. The molecule has 1 aromatic heterocycles. The number of pyridine rings is 1. The molecular formula is C11H11N3O2. The molecule has 2 rings (SSSR count). The molecule has 1 aliphatic rings. The second-order valence-corrected chi connectivity index (χ2v) is 3.44. The molecule has 0 N–H and O–H groups in total. The highest BCUT2D eigenvalue weighted by Gasteiger charge is 2.16. The molecule has 82 valence electrons. The number of carbonyl (C=O) groups is 1. The van der Waals surface area contributed by atoms with Crippen LogP contribution < -0.4 is 4.90 Å². The molecule has 1 saturated heterocycles. The predicted molar refractivity (Wildman–Crippen MR) is 57.4 cm³/mol. The van der Waals surface area contributed by atoms with E-state index in [1.54, 1.807) is 12.1 Å². The number of morpholine rings is 1. The number of rotatable bonds is 2. The van der Waals surface area contributed by atoms with Crippen LogP contribution in [0.1, 0.15) is 16.1 Å². The molecular weight excluding hydrogens is 206 g/mol. The summed E-state index contributed by atoms with van der Waals surface area (Å²) in [5.74, 6) is 0.579. The number of nitrogens with zero attached hydrogens (tertiary/aromatic N) is 3.